The van der Waals surface area contributed by atoms with E-state index < -0.39 is 20.0 Å². The summed E-state index contributed by atoms with van der Waals surface area (Å²) in [5, 5.41) is 13.8. The highest BCUT2D eigenvalue weighted by Gasteiger charge is 2.23. The van der Waals surface area contributed by atoms with Crippen LogP contribution in [-0.2, 0) is 18.4 Å². The highest BCUT2D eigenvalue weighted by Crippen LogP contribution is 2.38. The molecule has 1 amide bonds. The zero-order valence-corrected chi connectivity index (χ0v) is 44.1. The molecule has 0 saturated heterocycles. The lowest BCUT2D eigenvalue weighted by atomic mass is 10.0. The maximum absolute atomic E-state index is 12.9. The number of phosphoric acid groups is 1. The van der Waals surface area contributed by atoms with Gasteiger partial charge in [0, 0.05) is 6.42 Å². The molecule has 0 aromatic heterocycles. The number of phosphoric ester groups is 1. The second-order valence-electron chi connectivity index (χ2n) is 20.3. The quantitative estimate of drug-likeness (QED) is 0.0272. The van der Waals surface area contributed by atoms with Crippen molar-refractivity contribution in [3.8, 4) is 0 Å². The summed E-state index contributed by atoms with van der Waals surface area (Å²) in [5.74, 6) is -0.204. The number of likely N-dealkylation sites (N-methyl/N-ethyl adjacent to an activating group) is 1. The first-order valence-corrected chi connectivity index (χ1v) is 29.2. The number of nitrogens with zero attached hydrogens (tertiary/aromatic N) is 1. The van der Waals surface area contributed by atoms with E-state index in [4.69, 9.17) is 9.05 Å². The highest BCUT2D eigenvalue weighted by atomic mass is 31.2. The normalized spacial score (nSPS) is 14.2. The van der Waals surface area contributed by atoms with Crippen molar-refractivity contribution in [3.63, 3.8) is 0 Å². The molecule has 0 aliphatic heterocycles. The molecule has 0 aliphatic carbocycles. The SMILES string of the molecule is CCCCCCC/C=C/CC/C=C/C(O)C(COP(=O)([O-])OCC[N+](C)(C)C)NC(=O)CCCCCCCCCCCCCCCCCCCCCCCCCCCCCCCCC. The Morgan fingerprint density at radius 3 is 1.27 bits per heavy atom. The summed E-state index contributed by atoms with van der Waals surface area (Å²) in [7, 11) is 1.25. The van der Waals surface area contributed by atoms with E-state index in [0.717, 1.165) is 38.5 Å². The number of carbonyl (C=O) groups is 1. The maximum atomic E-state index is 12.9. The number of aliphatic hydroxyl groups excluding tert-OH is 1. The van der Waals surface area contributed by atoms with Crippen LogP contribution >= 0.6 is 7.82 Å². The first-order chi connectivity index (χ1) is 31.0. The number of rotatable bonds is 51. The fraction of sp³-hybridized carbons (Fsp3) is 0.909. The smallest absolute Gasteiger partial charge is 0.268 e. The van der Waals surface area contributed by atoms with Crippen LogP contribution in [-0.4, -0.2) is 68.5 Å². The summed E-state index contributed by atoms with van der Waals surface area (Å²) in [6, 6.07) is -0.898. The van der Waals surface area contributed by atoms with Crippen molar-refractivity contribution in [1.29, 1.82) is 0 Å². The largest absolute Gasteiger partial charge is 0.756 e. The monoisotopic (exact) mass is 925 g/mol. The van der Waals surface area contributed by atoms with Crippen LogP contribution in [0.5, 0.6) is 0 Å². The molecule has 0 aromatic rings. The first kappa shape index (κ1) is 63.0. The lowest BCUT2D eigenvalue weighted by molar-refractivity contribution is -0.870. The standard InChI is InChI=1S/C55H109N2O6P/c1-6-8-10-12-14-16-18-19-20-21-22-23-24-25-26-27-28-29-30-31-32-33-34-35-36-37-39-41-43-45-47-49-55(59)56-53(52-63-64(60,61)62-51-50-57(3,4)5)54(58)48-46-44-42-40-38-17-15-13-11-9-7-2/h38,40,46,48,53-54,58H,6-37,39,41-45,47,49-52H2,1-5H3,(H-,56,59,60,61)/b40-38+,48-46+. The summed E-state index contributed by atoms with van der Waals surface area (Å²) in [6.45, 7) is 4.63. The molecule has 2 N–H and O–H groups in total. The summed E-state index contributed by atoms with van der Waals surface area (Å²) in [5.41, 5.74) is 0. The predicted octanol–water partition coefficient (Wildman–Crippen LogP) is 15.8. The molecule has 0 spiro atoms. The third-order valence-corrected chi connectivity index (χ3v) is 13.6. The number of allylic oxidation sites excluding steroid dienone is 3. The van der Waals surface area contributed by atoms with Gasteiger partial charge in [0.05, 0.1) is 39.9 Å². The van der Waals surface area contributed by atoms with Crippen LogP contribution in [0.25, 0.3) is 0 Å². The van der Waals surface area contributed by atoms with E-state index in [-0.39, 0.29) is 19.1 Å². The van der Waals surface area contributed by atoms with Crippen LogP contribution in [0.2, 0.25) is 0 Å². The van der Waals surface area contributed by atoms with Gasteiger partial charge in [-0.1, -0.05) is 256 Å². The van der Waals surface area contributed by atoms with Crippen LogP contribution in [0.1, 0.15) is 271 Å². The van der Waals surface area contributed by atoms with Crippen molar-refractivity contribution < 1.29 is 32.9 Å². The van der Waals surface area contributed by atoms with Crippen LogP contribution in [0, 0.1) is 0 Å². The van der Waals surface area contributed by atoms with Crippen LogP contribution < -0.4 is 10.2 Å². The summed E-state index contributed by atoms with van der Waals surface area (Å²) >= 11 is 0. The second-order valence-corrected chi connectivity index (χ2v) is 21.7. The number of carbonyl (C=O) groups excluding carboxylic acids is 1. The van der Waals surface area contributed by atoms with E-state index in [0.29, 0.717) is 17.4 Å². The third kappa shape index (κ3) is 48.9. The molecule has 3 unspecified atom stereocenters. The van der Waals surface area contributed by atoms with E-state index in [1.165, 1.54) is 212 Å². The number of hydrogen-bond acceptors (Lipinski definition) is 6. The van der Waals surface area contributed by atoms with E-state index in [9.17, 15) is 19.4 Å². The van der Waals surface area contributed by atoms with Crippen LogP contribution in [0.15, 0.2) is 24.3 Å². The van der Waals surface area contributed by atoms with Crippen LogP contribution in [0.3, 0.4) is 0 Å². The van der Waals surface area contributed by atoms with Crippen molar-refractivity contribution in [3.05, 3.63) is 24.3 Å². The molecule has 0 saturated carbocycles. The Morgan fingerprint density at radius 2 is 0.875 bits per heavy atom. The van der Waals surface area contributed by atoms with Crippen LogP contribution in [0.4, 0.5) is 0 Å². The van der Waals surface area contributed by atoms with Gasteiger partial charge in [-0.3, -0.25) is 9.36 Å². The fourth-order valence-corrected chi connectivity index (χ4v) is 9.01. The molecule has 0 aromatic carbocycles. The average Bonchev–Trinajstić information content (AvgIpc) is 3.25. The molecule has 64 heavy (non-hydrogen) atoms. The molecule has 9 heteroatoms. The lowest BCUT2D eigenvalue weighted by Gasteiger charge is -2.29. The molecule has 0 fully saturated rings. The van der Waals surface area contributed by atoms with E-state index in [2.05, 4.69) is 31.3 Å². The maximum Gasteiger partial charge on any atom is 0.268 e. The van der Waals surface area contributed by atoms with Gasteiger partial charge in [-0.2, -0.15) is 0 Å². The molecule has 0 rings (SSSR count). The molecule has 380 valence electrons. The Labute approximate surface area is 398 Å². The van der Waals surface area contributed by atoms with E-state index in [1.807, 2.05) is 27.2 Å². The number of nitrogens with one attached hydrogen (secondary N) is 1. The lowest BCUT2D eigenvalue weighted by Crippen LogP contribution is -2.45. The minimum Gasteiger partial charge on any atom is -0.756 e. The van der Waals surface area contributed by atoms with Gasteiger partial charge in [0.2, 0.25) is 5.91 Å². The zero-order valence-electron chi connectivity index (χ0n) is 43.3. The Morgan fingerprint density at radius 1 is 0.531 bits per heavy atom. The van der Waals surface area contributed by atoms with Gasteiger partial charge in [-0.15, -0.1) is 0 Å². The summed E-state index contributed by atoms with van der Waals surface area (Å²) < 4.78 is 23.2. The van der Waals surface area contributed by atoms with Gasteiger partial charge in [0.25, 0.3) is 7.82 Å². The number of quaternary nitrogens is 1. The number of unbranched alkanes of at least 4 members (excludes halogenated alkanes) is 36. The average molecular weight is 925 g/mol. The second kappa shape index (κ2) is 47.1. The van der Waals surface area contributed by atoms with Gasteiger partial charge in [0.1, 0.15) is 13.2 Å². The molecule has 3 atom stereocenters. The van der Waals surface area contributed by atoms with Crippen molar-refractivity contribution in [1.82, 2.24) is 5.32 Å². The van der Waals surface area contributed by atoms with Gasteiger partial charge >= 0.3 is 0 Å². The van der Waals surface area contributed by atoms with E-state index in [1.54, 1.807) is 6.08 Å². The Bertz CT molecular complexity index is 1090. The molecular formula is C55H109N2O6P. The van der Waals surface area contributed by atoms with Crippen molar-refractivity contribution in [2.24, 2.45) is 0 Å². The number of hydrogen-bond donors (Lipinski definition) is 2. The molecule has 0 aliphatic rings. The summed E-state index contributed by atoms with van der Waals surface area (Å²) in [4.78, 5) is 25.4. The number of aliphatic hydroxyl groups is 1. The third-order valence-electron chi connectivity index (χ3n) is 12.7. The summed E-state index contributed by atoms with van der Waals surface area (Å²) in [6.07, 6.45) is 58.5. The van der Waals surface area contributed by atoms with Gasteiger partial charge in [-0.25, -0.2) is 0 Å². The Balaban J connectivity index is 3.98. The van der Waals surface area contributed by atoms with Crippen molar-refractivity contribution in [2.75, 3.05) is 40.9 Å². The molecular weight excluding hydrogens is 816 g/mol. The number of amides is 1. The highest BCUT2D eigenvalue weighted by molar-refractivity contribution is 7.45. The fourth-order valence-electron chi connectivity index (χ4n) is 8.29. The van der Waals surface area contributed by atoms with Crippen molar-refractivity contribution in [2.45, 2.75) is 283 Å². The first-order valence-electron chi connectivity index (χ1n) is 27.7. The predicted molar refractivity (Wildman–Crippen MR) is 275 cm³/mol. The Kier molecular flexibility index (Phi) is 46.3. The molecule has 8 nitrogen and oxygen atoms in total. The zero-order chi connectivity index (χ0) is 47.1. The molecule has 0 bridgehead atoms. The minimum atomic E-state index is -4.59. The van der Waals surface area contributed by atoms with Gasteiger partial charge in [0.15, 0.2) is 0 Å². The van der Waals surface area contributed by atoms with Gasteiger partial charge < -0.3 is 28.8 Å². The van der Waals surface area contributed by atoms with Crippen molar-refractivity contribution >= 4 is 13.7 Å². The van der Waals surface area contributed by atoms with E-state index >= 15 is 0 Å². The Hall–Kier alpha value is -1.02. The molecule has 0 heterocycles. The van der Waals surface area contributed by atoms with Gasteiger partial charge in [-0.05, 0) is 32.1 Å². The topological polar surface area (TPSA) is 108 Å². The minimum absolute atomic E-state index is 0.00425. The molecule has 0 radical (unpaired) electrons.